The van der Waals surface area contributed by atoms with Crippen LogP contribution in [0.2, 0.25) is 0 Å². The molecule has 11 nitrogen and oxygen atoms in total. The molecule has 10 rings (SSSR count). The highest BCUT2D eigenvalue weighted by Crippen LogP contribution is 2.39. The van der Waals surface area contributed by atoms with Crippen molar-refractivity contribution in [2.75, 3.05) is 11.1 Å². The van der Waals surface area contributed by atoms with E-state index in [2.05, 4.69) is 43.7 Å². The number of aromatic nitrogens is 4. The van der Waals surface area contributed by atoms with Crippen LogP contribution in [0, 0.1) is 0 Å². The molecule has 0 saturated heterocycles. The fraction of sp³-hybridized carbons (Fsp3) is 0.300. The lowest BCUT2D eigenvalue weighted by Gasteiger charge is -1.93. The molecular formula is C50H74N6O5S3. The van der Waals surface area contributed by atoms with Crippen LogP contribution in [-0.2, 0) is 26.4 Å². The number of carbonyl (C=O) groups is 1. The monoisotopic (exact) mass is 934 g/mol. The number of hydrogen-bond donors (Lipinski definition) is 3. The molecule has 0 bridgehead atoms. The van der Waals surface area contributed by atoms with Gasteiger partial charge in [0.1, 0.15) is 17.0 Å². The molecule has 352 valence electrons. The number of anilines is 1. The summed E-state index contributed by atoms with van der Waals surface area (Å²) < 4.78 is 49.2. The first kappa shape index (κ1) is 62.8. The number of benzene rings is 3. The Morgan fingerprint density at radius 2 is 1.23 bits per heavy atom. The third-order valence-corrected chi connectivity index (χ3v) is 11.7. The average Bonchev–Trinajstić information content (AvgIpc) is 4.16. The van der Waals surface area contributed by atoms with Crippen LogP contribution in [0.25, 0.3) is 16.7 Å². The van der Waals surface area contributed by atoms with E-state index in [0.29, 0.717) is 17.0 Å². The van der Waals surface area contributed by atoms with Crippen molar-refractivity contribution in [3.05, 3.63) is 163 Å². The number of fused-ring (bicyclic) bond motifs is 5. The number of pyridine rings is 2. The molecule has 3 aliphatic heterocycles. The number of ketones is 1. The molecule has 0 amide bonds. The lowest BCUT2D eigenvalue weighted by molar-refractivity contribution is 0.102. The normalized spacial score (nSPS) is 12.6. The predicted octanol–water partition coefficient (Wildman–Crippen LogP) is 13.7. The molecule has 3 aliphatic rings. The van der Waals surface area contributed by atoms with E-state index in [4.69, 9.17) is 0 Å². The van der Waals surface area contributed by atoms with Gasteiger partial charge in [-0.25, -0.2) is 31.5 Å². The van der Waals surface area contributed by atoms with Gasteiger partial charge in [0.05, 0.1) is 20.5 Å². The maximum Gasteiger partial charge on any atom is 0.241 e. The number of hydrogen-bond acceptors (Lipinski definition) is 9. The largest absolute Gasteiger partial charge is 0.350 e. The molecule has 7 aromatic rings. The number of nitrogens with one attached hydrogen (secondary N) is 3. The van der Waals surface area contributed by atoms with Crippen LogP contribution in [0.5, 0.6) is 0 Å². The van der Waals surface area contributed by atoms with Crippen molar-refractivity contribution in [1.82, 2.24) is 24.1 Å². The molecule has 0 spiro atoms. The summed E-state index contributed by atoms with van der Waals surface area (Å²) in [5.74, 6) is -0.669. The Labute approximate surface area is 390 Å². The van der Waals surface area contributed by atoms with E-state index in [9.17, 15) is 21.6 Å². The molecule has 0 atom stereocenters. The van der Waals surface area contributed by atoms with E-state index in [1.807, 2.05) is 153 Å². The Morgan fingerprint density at radius 3 is 1.84 bits per heavy atom. The van der Waals surface area contributed by atoms with E-state index in [0.717, 1.165) is 27.3 Å². The third kappa shape index (κ3) is 18.7. The summed E-state index contributed by atoms with van der Waals surface area (Å²) in [6, 6.07) is 33.4. The van der Waals surface area contributed by atoms with Crippen molar-refractivity contribution in [3.63, 3.8) is 0 Å². The summed E-state index contributed by atoms with van der Waals surface area (Å²) in [5, 5.41) is 5.35. The molecule has 0 unspecified atom stereocenters. The number of sulfonamides is 1. The highest BCUT2D eigenvalue weighted by atomic mass is 32.2. The van der Waals surface area contributed by atoms with Gasteiger partial charge in [-0.05, 0) is 60.2 Å². The lowest BCUT2D eigenvalue weighted by atomic mass is 10.2. The zero-order chi connectivity index (χ0) is 45.8. The quantitative estimate of drug-likeness (QED) is 0.135. The minimum atomic E-state index is -3.30. The second-order valence-corrected chi connectivity index (χ2v) is 15.9. The topological polar surface area (TPSA) is 155 Å². The zero-order valence-electron chi connectivity index (χ0n) is 37.0. The lowest BCUT2D eigenvalue weighted by Crippen LogP contribution is -2.13. The predicted molar refractivity (Wildman–Crippen MR) is 277 cm³/mol. The molecule has 4 aromatic heterocycles. The maximum absolute atomic E-state index is 11.2. The maximum atomic E-state index is 11.2. The smallest absolute Gasteiger partial charge is 0.241 e. The number of nitrogens with zero attached hydrogens (tertiary/aromatic N) is 3. The Kier molecular flexibility index (Phi) is 33.3. The molecular weight excluding hydrogens is 861 g/mol. The van der Waals surface area contributed by atoms with Gasteiger partial charge >= 0.3 is 0 Å². The van der Waals surface area contributed by atoms with Gasteiger partial charge in [-0.3, -0.25) is 4.79 Å². The van der Waals surface area contributed by atoms with Gasteiger partial charge in [-0.15, -0.1) is 0 Å². The van der Waals surface area contributed by atoms with Gasteiger partial charge in [0, 0.05) is 53.4 Å². The third-order valence-electron chi connectivity index (χ3n) is 7.58. The van der Waals surface area contributed by atoms with Crippen molar-refractivity contribution < 1.29 is 21.6 Å². The minimum Gasteiger partial charge on any atom is -0.350 e. The first-order valence-corrected chi connectivity index (χ1v) is 24.5. The summed E-state index contributed by atoms with van der Waals surface area (Å²) in [5.41, 5.74) is 4.32. The fourth-order valence-electron chi connectivity index (χ4n) is 5.17. The second kappa shape index (κ2) is 33.9. The van der Waals surface area contributed by atoms with Crippen molar-refractivity contribution in [3.8, 4) is 0 Å². The highest BCUT2D eigenvalue weighted by molar-refractivity contribution is 8.03. The molecule has 3 N–H and O–H groups in total. The summed E-state index contributed by atoms with van der Waals surface area (Å²) in [4.78, 5) is 24.1. The zero-order valence-corrected chi connectivity index (χ0v) is 39.5. The number of para-hydroxylation sites is 1. The molecule has 14 heteroatoms. The number of carbonyl (C=O) groups excluding carboxylic acids is 1. The number of Topliss-reactive ketones (excluding diaryl/α,β-unsaturated/α-hetero) is 1. The van der Waals surface area contributed by atoms with Gasteiger partial charge in [0.2, 0.25) is 10.0 Å². The Bertz CT molecular complexity index is 2420. The van der Waals surface area contributed by atoms with E-state index >= 15 is 0 Å². The molecule has 64 heavy (non-hydrogen) atoms. The van der Waals surface area contributed by atoms with Crippen molar-refractivity contribution in [2.24, 2.45) is 0 Å². The van der Waals surface area contributed by atoms with Crippen molar-refractivity contribution >= 4 is 59.8 Å². The first-order valence-electron chi connectivity index (χ1n) is 20.5. The molecule has 0 radical (unpaired) electrons. The van der Waals surface area contributed by atoms with Crippen LogP contribution in [0.4, 0.5) is 5.69 Å². The van der Waals surface area contributed by atoms with Crippen LogP contribution < -0.4 is 10.0 Å². The standard InChI is InChI=1S/C8H7NS.C8H6O3S.2C7H6N2.C7H7NO2S.5C2H6.3CH4/c1-6-9-7-4-2-3-5-8(7)10-6;9-7-5-12(10,11)8-4-2-1-3-6(7)8;1-2-6-3-5-9-7(6)8-4-1;1-2-5-9-6-4-8-7(9)3-1;9-11(10)7-4-2-1-3-6(7)5-8-11;5*1-2;;;/h2-5,9H,1H2;1-4H,5H2;1-5H,(H,8,9);1-6H;1-4,8H,5H2;5*1-2H3;3*1H4. The van der Waals surface area contributed by atoms with Crippen LogP contribution in [0.1, 0.15) is 107 Å². The molecule has 7 heterocycles. The Morgan fingerprint density at radius 1 is 0.641 bits per heavy atom. The SMILES string of the molecule is C.C.C.C=C1Nc2ccccc2S1.CC.CC.CC.CC.CC.O=C1CS(=O)(=O)c2ccccc21.O=S1(=O)NCc2ccccc21.c1ccn2ccnc2c1.c1cnc2[nH]ccc2c1. The van der Waals surface area contributed by atoms with Crippen LogP contribution in [-0.4, -0.2) is 47.7 Å². The second-order valence-electron chi connectivity index (χ2n) is 11.1. The summed E-state index contributed by atoms with van der Waals surface area (Å²) in [6.45, 7) is 24.2. The molecule has 0 saturated carbocycles. The van der Waals surface area contributed by atoms with Gasteiger partial charge in [-0.1, -0.05) is 164 Å². The summed E-state index contributed by atoms with van der Waals surface area (Å²) in [6.07, 6.45) is 9.35. The van der Waals surface area contributed by atoms with Crippen LogP contribution >= 0.6 is 11.8 Å². The fourth-order valence-corrected chi connectivity index (χ4v) is 8.68. The van der Waals surface area contributed by atoms with Gasteiger partial charge in [0.15, 0.2) is 15.6 Å². The number of rotatable bonds is 0. The Hall–Kier alpha value is -5.54. The van der Waals surface area contributed by atoms with Crippen molar-refractivity contribution in [1.29, 1.82) is 0 Å². The Balaban J connectivity index is -0.000000686. The van der Waals surface area contributed by atoms with E-state index in [-0.39, 0.29) is 38.7 Å². The molecule has 0 aliphatic carbocycles. The minimum absolute atomic E-state index is 0. The number of thioether (sulfide) groups is 1. The van der Waals surface area contributed by atoms with E-state index in [1.165, 1.54) is 16.6 Å². The molecule has 3 aromatic carbocycles. The summed E-state index contributed by atoms with van der Waals surface area (Å²) >= 11 is 1.69. The van der Waals surface area contributed by atoms with Crippen molar-refractivity contribution in [2.45, 2.75) is 113 Å². The van der Waals surface area contributed by atoms with Crippen LogP contribution in [0.15, 0.2) is 166 Å². The van der Waals surface area contributed by atoms with Gasteiger partial charge in [0.25, 0.3) is 0 Å². The average molecular weight is 935 g/mol. The number of sulfone groups is 1. The molecule has 0 fully saturated rings. The summed E-state index contributed by atoms with van der Waals surface area (Å²) in [7, 11) is -6.46. The highest BCUT2D eigenvalue weighted by Gasteiger charge is 2.32. The van der Waals surface area contributed by atoms with Gasteiger partial charge in [-0.2, -0.15) is 0 Å². The number of aromatic amines is 1. The van der Waals surface area contributed by atoms with Gasteiger partial charge < -0.3 is 14.7 Å². The number of H-pyrrole nitrogens is 1. The van der Waals surface area contributed by atoms with Crippen LogP contribution in [0.3, 0.4) is 0 Å². The van der Waals surface area contributed by atoms with E-state index in [1.54, 1.807) is 54.5 Å². The first-order chi connectivity index (χ1) is 29.6. The number of imidazole rings is 1. The van der Waals surface area contributed by atoms with E-state index < -0.39 is 19.9 Å².